The molecule has 0 atom stereocenters. The Hall–Kier alpha value is -2.61. The Bertz CT molecular complexity index is 979. The molecule has 2 saturated heterocycles. The van der Waals surface area contributed by atoms with Gasteiger partial charge in [-0.25, -0.2) is 4.79 Å². The van der Waals surface area contributed by atoms with Gasteiger partial charge in [0.1, 0.15) is 0 Å². The van der Waals surface area contributed by atoms with Gasteiger partial charge < -0.3 is 9.80 Å². The smallest absolute Gasteiger partial charge is 0.328 e. The van der Waals surface area contributed by atoms with Crippen molar-refractivity contribution in [3.8, 4) is 0 Å². The van der Waals surface area contributed by atoms with Crippen LogP contribution in [0.25, 0.3) is 11.0 Å². The fourth-order valence-corrected chi connectivity index (χ4v) is 4.71. The van der Waals surface area contributed by atoms with Gasteiger partial charge in [0, 0.05) is 59.3 Å². The number of carbonyl (C=O) groups excluding carboxylic acids is 2. The first-order chi connectivity index (χ1) is 15.0. The molecule has 168 valence electrons. The molecule has 8 heteroatoms. The number of aryl methyl sites for hydroxylation is 2. The van der Waals surface area contributed by atoms with Crippen molar-refractivity contribution in [2.75, 3.05) is 45.8 Å². The summed E-state index contributed by atoms with van der Waals surface area (Å²) in [6.45, 7) is 5.31. The van der Waals surface area contributed by atoms with Gasteiger partial charge in [0.05, 0.1) is 17.6 Å². The lowest BCUT2D eigenvalue weighted by Crippen LogP contribution is -2.51. The number of rotatable bonds is 5. The maximum Gasteiger partial charge on any atom is 0.328 e. The van der Waals surface area contributed by atoms with E-state index in [4.69, 9.17) is 0 Å². The molecule has 0 aliphatic carbocycles. The summed E-state index contributed by atoms with van der Waals surface area (Å²) in [5.74, 6) is 0.287. The lowest BCUT2D eigenvalue weighted by molar-refractivity contribution is -0.135. The van der Waals surface area contributed by atoms with Crippen molar-refractivity contribution in [2.24, 2.45) is 7.05 Å². The highest BCUT2D eigenvalue weighted by Gasteiger charge is 2.24. The highest BCUT2D eigenvalue weighted by Crippen LogP contribution is 2.13. The van der Waals surface area contributed by atoms with Crippen LogP contribution in [0.2, 0.25) is 0 Å². The summed E-state index contributed by atoms with van der Waals surface area (Å²) in [5, 5.41) is 0. The largest absolute Gasteiger partial charge is 0.342 e. The summed E-state index contributed by atoms with van der Waals surface area (Å²) in [6, 6.07) is 7.66. The van der Waals surface area contributed by atoms with E-state index in [9.17, 15) is 14.4 Å². The number of aromatic nitrogens is 2. The maximum absolute atomic E-state index is 12.8. The van der Waals surface area contributed by atoms with Gasteiger partial charge in [-0.05, 0) is 25.0 Å². The van der Waals surface area contributed by atoms with Crippen LogP contribution in [-0.2, 0) is 23.2 Å². The van der Waals surface area contributed by atoms with E-state index in [1.165, 1.54) is 12.8 Å². The molecule has 2 aliphatic rings. The van der Waals surface area contributed by atoms with Gasteiger partial charge in [0.15, 0.2) is 0 Å². The average molecular weight is 428 g/mol. The Labute approximate surface area is 183 Å². The van der Waals surface area contributed by atoms with Crippen LogP contribution < -0.4 is 5.69 Å². The molecule has 2 aromatic rings. The summed E-state index contributed by atoms with van der Waals surface area (Å²) in [5.41, 5.74) is 1.65. The number of piperazine rings is 1. The quantitative estimate of drug-likeness (QED) is 0.721. The SMILES string of the molecule is Cn1c(=O)n(CCC(=O)N2CCN(CC(=O)N3CCCCCC3)CC2)c2ccccc21. The zero-order valence-corrected chi connectivity index (χ0v) is 18.5. The van der Waals surface area contributed by atoms with Gasteiger partial charge in [-0.3, -0.25) is 23.6 Å². The fraction of sp³-hybridized carbons (Fsp3) is 0.609. The number of hydrogen-bond donors (Lipinski definition) is 0. The van der Waals surface area contributed by atoms with E-state index in [2.05, 4.69) is 4.90 Å². The molecule has 0 saturated carbocycles. The van der Waals surface area contributed by atoms with Crippen molar-refractivity contribution in [1.82, 2.24) is 23.8 Å². The summed E-state index contributed by atoms with van der Waals surface area (Å²) >= 11 is 0. The van der Waals surface area contributed by atoms with E-state index in [0.29, 0.717) is 32.6 Å². The zero-order chi connectivity index (χ0) is 21.8. The molecule has 1 aromatic carbocycles. The standard InChI is InChI=1S/C23H33N5O3/c1-24-19-8-4-5-9-20(19)28(23(24)31)13-10-21(29)27-16-14-25(15-17-27)18-22(30)26-11-6-2-3-7-12-26/h4-5,8-9H,2-3,6-7,10-18H2,1H3. The monoisotopic (exact) mass is 427 g/mol. The molecule has 3 heterocycles. The Balaban J connectivity index is 1.27. The van der Waals surface area contributed by atoms with E-state index < -0.39 is 0 Å². The molecule has 0 radical (unpaired) electrons. The maximum atomic E-state index is 12.8. The number of carbonyl (C=O) groups is 2. The van der Waals surface area contributed by atoms with E-state index in [0.717, 1.165) is 50.1 Å². The molecule has 1 aromatic heterocycles. The molecule has 4 rings (SSSR count). The number of para-hydroxylation sites is 2. The van der Waals surface area contributed by atoms with Crippen LogP contribution in [0.3, 0.4) is 0 Å². The van der Waals surface area contributed by atoms with Crippen LogP contribution >= 0.6 is 0 Å². The Morgan fingerprint density at radius 2 is 1.42 bits per heavy atom. The van der Waals surface area contributed by atoms with Crippen LogP contribution in [0.4, 0.5) is 0 Å². The number of nitrogens with zero attached hydrogens (tertiary/aromatic N) is 5. The third kappa shape index (κ3) is 4.84. The van der Waals surface area contributed by atoms with Crippen molar-refractivity contribution in [1.29, 1.82) is 0 Å². The molecule has 0 unspecified atom stereocenters. The van der Waals surface area contributed by atoms with Gasteiger partial charge in [0.25, 0.3) is 0 Å². The molecule has 0 bridgehead atoms. The van der Waals surface area contributed by atoms with Crippen molar-refractivity contribution >= 4 is 22.8 Å². The number of likely N-dealkylation sites (tertiary alicyclic amines) is 1. The normalized spacial score (nSPS) is 18.4. The lowest BCUT2D eigenvalue weighted by atomic mass is 10.2. The van der Waals surface area contributed by atoms with Gasteiger partial charge in [0.2, 0.25) is 11.8 Å². The van der Waals surface area contributed by atoms with Gasteiger partial charge >= 0.3 is 5.69 Å². The van der Waals surface area contributed by atoms with Gasteiger partial charge in [-0.2, -0.15) is 0 Å². The summed E-state index contributed by atoms with van der Waals surface area (Å²) in [4.78, 5) is 43.9. The van der Waals surface area contributed by atoms with E-state index in [-0.39, 0.29) is 17.5 Å². The van der Waals surface area contributed by atoms with Gasteiger partial charge in [-0.1, -0.05) is 25.0 Å². The first-order valence-electron chi connectivity index (χ1n) is 11.5. The number of benzene rings is 1. The first kappa shape index (κ1) is 21.6. The molecule has 31 heavy (non-hydrogen) atoms. The Morgan fingerprint density at radius 1 is 0.806 bits per heavy atom. The second-order valence-corrected chi connectivity index (χ2v) is 8.68. The van der Waals surface area contributed by atoms with E-state index >= 15 is 0 Å². The van der Waals surface area contributed by atoms with E-state index in [1.807, 2.05) is 34.1 Å². The van der Waals surface area contributed by atoms with Crippen molar-refractivity contribution < 1.29 is 9.59 Å². The number of fused-ring (bicyclic) bond motifs is 1. The molecule has 2 aliphatic heterocycles. The lowest BCUT2D eigenvalue weighted by Gasteiger charge is -2.35. The summed E-state index contributed by atoms with van der Waals surface area (Å²) in [7, 11) is 1.76. The van der Waals surface area contributed by atoms with Crippen LogP contribution in [0.1, 0.15) is 32.1 Å². The summed E-state index contributed by atoms with van der Waals surface area (Å²) < 4.78 is 3.31. The molecule has 0 spiro atoms. The first-order valence-corrected chi connectivity index (χ1v) is 11.5. The predicted molar refractivity (Wildman–Crippen MR) is 120 cm³/mol. The van der Waals surface area contributed by atoms with Crippen molar-refractivity contribution in [3.63, 3.8) is 0 Å². The number of hydrogen-bond acceptors (Lipinski definition) is 4. The highest BCUT2D eigenvalue weighted by molar-refractivity contribution is 5.79. The molecule has 8 nitrogen and oxygen atoms in total. The van der Waals surface area contributed by atoms with Crippen molar-refractivity contribution in [2.45, 2.75) is 38.6 Å². The molecule has 2 amide bonds. The second kappa shape index (κ2) is 9.68. The third-order valence-electron chi connectivity index (χ3n) is 6.64. The van der Waals surface area contributed by atoms with Crippen LogP contribution in [0, 0.1) is 0 Å². The zero-order valence-electron chi connectivity index (χ0n) is 18.5. The predicted octanol–water partition coefficient (Wildman–Crippen LogP) is 1.28. The third-order valence-corrected chi connectivity index (χ3v) is 6.64. The summed E-state index contributed by atoms with van der Waals surface area (Å²) in [6.07, 6.45) is 4.95. The van der Waals surface area contributed by atoms with Crippen LogP contribution in [-0.4, -0.2) is 81.5 Å². The fourth-order valence-electron chi connectivity index (χ4n) is 4.71. The second-order valence-electron chi connectivity index (χ2n) is 8.68. The Morgan fingerprint density at radius 3 is 2.10 bits per heavy atom. The van der Waals surface area contributed by atoms with Crippen LogP contribution in [0.15, 0.2) is 29.1 Å². The number of imidazole rings is 1. The van der Waals surface area contributed by atoms with E-state index in [1.54, 1.807) is 16.2 Å². The minimum atomic E-state index is -0.0918. The molecule has 2 fully saturated rings. The Kier molecular flexibility index (Phi) is 6.75. The molecule has 0 N–H and O–H groups in total. The molecular formula is C23H33N5O3. The minimum absolute atomic E-state index is 0.0679. The van der Waals surface area contributed by atoms with Crippen molar-refractivity contribution in [3.05, 3.63) is 34.7 Å². The molecular weight excluding hydrogens is 394 g/mol. The van der Waals surface area contributed by atoms with Crippen LogP contribution in [0.5, 0.6) is 0 Å². The average Bonchev–Trinajstić information content (AvgIpc) is 2.98. The highest BCUT2D eigenvalue weighted by atomic mass is 16.2. The topological polar surface area (TPSA) is 70.8 Å². The van der Waals surface area contributed by atoms with Gasteiger partial charge in [-0.15, -0.1) is 0 Å². The number of amides is 2. The minimum Gasteiger partial charge on any atom is -0.342 e.